The molecular formula is C26H29F6NO6. The normalized spacial score (nSPS) is 12.6. The second kappa shape index (κ2) is 14.6. The molecule has 39 heavy (non-hydrogen) atoms. The summed E-state index contributed by atoms with van der Waals surface area (Å²) < 4.78 is 93.2. The number of carbonyl (C=O) groups excluding carboxylic acids is 1. The fourth-order valence-electron chi connectivity index (χ4n) is 3.40. The van der Waals surface area contributed by atoms with E-state index in [4.69, 9.17) is 14.2 Å². The zero-order valence-corrected chi connectivity index (χ0v) is 21.1. The first-order valence-corrected chi connectivity index (χ1v) is 12.1. The first-order valence-electron chi connectivity index (χ1n) is 12.1. The van der Waals surface area contributed by atoms with Crippen LogP contribution in [-0.2, 0) is 16.0 Å². The molecule has 0 bridgehead atoms. The van der Waals surface area contributed by atoms with Gasteiger partial charge in [-0.05, 0) is 49.6 Å². The van der Waals surface area contributed by atoms with Gasteiger partial charge in [-0.2, -0.15) is 22.0 Å². The van der Waals surface area contributed by atoms with Gasteiger partial charge in [-0.15, -0.1) is 0 Å². The summed E-state index contributed by atoms with van der Waals surface area (Å²) in [6, 6.07) is 11.5. The quantitative estimate of drug-likeness (QED) is 0.207. The average molecular weight is 566 g/mol. The molecule has 7 nitrogen and oxygen atoms in total. The number of aliphatic carboxylic acids is 1. The standard InChI is InChI=1S/C26H29F6NO6/c1-2-37-22(23(34)35)17-18-9-11-19(12-10-18)38-16-15-33(14-6-5-13-25(28,29)26(30,31)32)24(36)39-21-8-4-3-7-20(21)27/h3-4,7-12,22H,2,5-6,13-17H2,1H3,(H,34,35). The predicted octanol–water partition coefficient (Wildman–Crippen LogP) is 6.11. The first kappa shape index (κ1) is 31.7. The number of carboxylic acid groups (broad SMARTS) is 1. The highest BCUT2D eigenvalue weighted by Crippen LogP contribution is 2.39. The van der Waals surface area contributed by atoms with Gasteiger partial charge >= 0.3 is 24.2 Å². The Kier molecular flexibility index (Phi) is 11.9. The number of nitrogens with zero attached hydrogens (tertiary/aromatic N) is 1. The van der Waals surface area contributed by atoms with Gasteiger partial charge in [0.1, 0.15) is 12.4 Å². The van der Waals surface area contributed by atoms with Crippen molar-refractivity contribution >= 4 is 12.1 Å². The summed E-state index contributed by atoms with van der Waals surface area (Å²) in [6.45, 7) is 1.42. The number of benzene rings is 2. The molecule has 0 spiro atoms. The maximum Gasteiger partial charge on any atom is 0.453 e. The molecule has 0 saturated carbocycles. The molecule has 1 N–H and O–H groups in total. The van der Waals surface area contributed by atoms with E-state index in [0.29, 0.717) is 11.3 Å². The number of halogens is 6. The molecular weight excluding hydrogens is 536 g/mol. The van der Waals surface area contributed by atoms with Crippen molar-refractivity contribution in [3.63, 3.8) is 0 Å². The number of para-hydroxylation sites is 1. The Bertz CT molecular complexity index is 1060. The summed E-state index contributed by atoms with van der Waals surface area (Å²) in [5.74, 6) is -6.77. The predicted molar refractivity (Wildman–Crippen MR) is 128 cm³/mol. The minimum absolute atomic E-state index is 0.110. The average Bonchev–Trinajstić information content (AvgIpc) is 2.86. The summed E-state index contributed by atoms with van der Waals surface area (Å²) in [5.41, 5.74) is 0.675. The van der Waals surface area contributed by atoms with Crippen LogP contribution < -0.4 is 9.47 Å². The van der Waals surface area contributed by atoms with Gasteiger partial charge in [0.2, 0.25) is 0 Å². The molecule has 0 radical (unpaired) electrons. The van der Waals surface area contributed by atoms with Gasteiger partial charge in [0.05, 0.1) is 6.54 Å². The highest BCUT2D eigenvalue weighted by Gasteiger charge is 2.56. The number of hydrogen-bond donors (Lipinski definition) is 1. The largest absolute Gasteiger partial charge is 0.492 e. The first-order chi connectivity index (χ1) is 18.3. The lowest BCUT2D eigenvalue weighted by atomic mass is 10.1. The molecule has 0 aliphatic heterocycles. The molecule has 0 aliphatic rings. The Balaban J connectivity index is 1.97. The van der Waals surface area contributed by atoms with Crippen molar-refractivity contribution in [3.8, 4) is 11.5 Å². The minimum atomic E-state index is -5.67. The van der Waals surface area contributed by atoms with E-state index in [1.54, 1.807) is 31.2 Å². The van der Waals surface area contributed by atoms with Gasteiger partial charge in [0, 0.05) is 26.0 Å². The third kappa shape index (κ3) is 10.3. The van der Waals surface area contributed by atoms with E-state index in [1.807, 2.05) is 0 Å². The minimum Gasteiger partial charge on any atom is -0.492 e. The Morgan fingerprint density at radius 3 is 2.23 bits per heavy atom. The summed E-state index contributed by atoms with van der Waals surface area (Å²) in [5, 5.41) is 9.19. The molecule has 0 aliphatic carbocycles. The van der Waals surface area contributed by atoms with E-state index in [2.05, 4.69) is 0 Å². The van der Waals surface area contributed by atoms with Crippen molar-refractivity contribution in [2.45, 2.75) is 50.8 Å². The van der Waals surface area contributed by atoms with Gasteiger partial charge in [-0.25, -0.2) is 14.0 Å². The van der Waals surface area contributed by atoms with Crippen LogP contribution in [0, 0.1) is 5.82 Å². The second-order valence-corrected chi connectivity index (χ2v) is 8.42. The summed E-state index contributed by atoms with van der Waals surface area (Å²) in [4.78, 5) is 24.9. The molecule has 216 valence electrons. The van der Waals surface area contributed by atoms with E-state index in [9.17, 15) is 41.0 Å². The number of amides is 1. The molecule has 2 aromatic carbocycles. The number of ether oxygens (including phenoxy) is 3. The van der Waals surface area contributed by atoms with Crippen LogP contribution in [0.15, 0.2) is 48.5 Å². The lowest BCUT2D eigenvalue weighted by Crippen LogP contribution is -2.38. The summed E-state index contributed by atoms with van der Waals surface area (Å²) in [6.07, 6.45) is -9.75. The van der Waals surface area contributed by atoms with Crippen molar-refractivity contribution in [3.05, 3.63) is 59.9 Å². The lowest BCUT2D eigenvalue weighted by Gasteiger charge is -2.23. The van der Waals surface area contributed by atoms with E-state index in [1.165, 1.54) is 18.2 Å². The van der Waals surface area contributed by atoms with Gasteiger partial charge in [0.25, 0.3) is 0 Å². The molecule has 2 rings (SSSR count). The molecule has 1 amide bonds. The number of carbonyl (C=O) groups is 2. The van der Waals surface area contributed by atoms with Crippen LogP contribution in [0.4, 0.5) is 31.1 Å². The van der Waals surface area contributed by atoms with Crippen LogP contribution in [-0.4, -0.2) is 66.6 Å². The molecule has 13 heteroatoms. The van der Waals surface area contributed by atoms with Gasteiger partial charge < -0.3 is 24.2 Å². The number of carboxylic acids is 1. The maximum atomic E-state index is 13.9. The third-order valence-electron chi connectivity index (χ3n) is 5.49. The van der Waals surface area contributed by atoms with Crippen LogP contribution in [0.3, 0.4) is 0 Å². The van der Waals surface area contributed by atoms with Crippen molar-refractivity contribution in [2.75, 3.05) is 26.3 Å². The van der Waals surface area contributed by atoms with Gasteiger partial charge in [-0.1, -0.05) is 24.3 Å². The van der Waals surface area contributed by atoms with E-state index in [0.717, 1.165) is 11.0 Å². The van der Waals surface area contributed by atoms with Gasteiger partial charge in [0.15, 0.2) is 17.7 Å². The highest BCUT2D eigenvalue weighted by molar-refractivity contribution is 5.72. The van der Waals surface area contributed by atoms with E-state index < -0.39 is 48.9 Å². The van der Waals surface area contributed by atoms with Crippen LogP contribution in [0.1, 0.15) is 31.7 Å². The summed E-state index contributed by atoms with van der Waals surface area (Å²) in [7, 11) is 0. The van der Waals surface area contributed by atoms with Crippen LogP contribution >= 0.6 is 0 Å². The van der Waals surface area contributed by atoms with Crippen LogP contribution in [0.2, 0.25) is 0 Å². The fraction of sp³-hybridized carbons (Fsp3) is 0.462. The van der Waals surface area contributed by atoms with Crippen molar-refractivity contribution in [2.24, 2.45) is 0 Å². The Hall–Kier alpha value is -3.48. The maximum absolute atomic E-state index is 13.9. The molecule has 1 atom stereocenters. The van der Waals surface area contributed by atoms with Crippen molar-refractivity contribution < 1.29 is 55.2 Å². The highest BCUT2D eigenvalue weighted by atomic mass is 19.4. The molecule has 0 fully saturated rings. The van der Waals surface area contributed by atoms with Crippen molar-refractivity contribution in [1.29, 1.82) is 0 Å². The number of hydrogen-bond acceptors (Lipinski definition) is 5. The van der Waals surface area contributed by atoms with Gasteiger partial charge in [-0.3, -0.25) is 0 Å². The topological polar surface area (TPSA) is 85.3 Å². The Labute approximate surface area is 221 Å². The smallest absolute Gasteiger partial charge is 0.453 e. The van der Waals surface area contributed by atoms with Crippen LogP contribution in [0.5, 0.6) is 11.5 Å². The van der Waals surface area contributed by atoms with E-state index >= 15 is 0 Å². The molecule has 0 saturated heterocycles. The Morgan fingerprint density at radius 1 is 0.974 bits per heavy atom. The zero-order chi connectivity index (χ0) is 29.1. The monoisotopic (exact) mass is 565 g/mol. The SMILES string of the molecule is CCOC(Cc1ccc(OCCN(CCCCC(F)(F)C(F)(F)F)C(=O)Oc2ccccc2F)cc1)C(=O)O. The fourth-order valence-corrected chi connectivity index (χ4v) is 3.40. The second-order valence-electron chi connectivity index (χ2n) is 8.42. The lowest BCUT2D eigenvalue weighted by molar-refractivity contribution is -0.284. The summed E-state index contributed by atoms with van der Waals surface area (Å²) >= 11 is 0. The number of alkyl halides is 5. The van der Waals surface area contributed by atoms with E-state index in [-0.39, 0.29) is 44.9 Å². The molecule has 0 aromatic heterocycles. The number of unbranched alkanes of at least 4 members (excludes halogenated alkanes) is 1. The number of rotatable bonds is 15. The molecule has 1 unspecified atom stereocenters. The third-order valence-corrected chi connectivity index (χ3v) is 5.49. The van der Waals surface area contributed by atoms with Crippen molar-refractivity contribution in [1.82, 2.24) is 4.90 Å². The Morgan fingerprint density at radius 2 is 1.64 bits per heavy atom. The van der Waals surface area contributed by atoms with Crippen LogP contribution in [0.25, 0.3) is 0 Å². The zero-order valence-electron chi connectivity index (χ0n) is 21.1. The molecule has 2 aromatic rings. The molecule has 0 heterocycles.